The van der Waals surface area contributed by atoms with Crippen LogP contribution in [0.3, 0.4) is 0 Å². The van der Waals surface area contributed by atoms with Crippen LogP contribution in [0.25, 0.3) is 0 Å². The van der Waals surface area contributed by atoms with Crippen molar-refractivity contribution in [2.45, 2.75) is 69.7 Å². The van der Waals surface area contributed by atoms with Crippen molar-refractivity contribution in [2.75, 3.05) is 26.3 Å². The number of cyclic esters (lactones) is 1. The molecule has 0 aliphatic carbocycles. The number of aliphatic hydroxyl groups is 1. The van der Waals surface area contributed by atoms with Crippen molar-refractivity contribution in [3.05, 3.63) is 24.3 Å². The normalized spacial score (nSPS) is 36.4. The third-order valence-electron chi connectivity index (χ3n) is 7.14. The number of aliphatic hydroxyl groups excluding tert-OH is 1. The van der Waals surface area contributed by atoms with Gasteiger partial charge >= 0.3 is 5.97 Å². The quantitative estimate of drug-likeness (QED) is 0.377. The van der Waals surface area contributed by atoms with E-state index < -0.39 is 41.6 Å². The molecule has 2 amide bonds. The highest BCUT2D eigenvalue weighted by molar-refractivity contribution is 5.99. The van der Waals surface area contributed by atoms with E-state index in [-0.39, 0.29) is 18.4 Å². The molecule has 3 unspecified atom stereocenters. The second-order valence-electron chi connectivity index (χ2n) is 9.25. The predicted octanol–water partition coefficient (Wildman–Crippen LogP) is 1.43. The van der Waals surface area contributed by atoms with Gasteiger partial charge in [0.2, 0.25) is 11.8 Å². The second-order valence-corrected chi connectivity index (χ2v) is 9.25. The number of carbonyl (C=O) groups is 3. The van der Waals surface area contributed by atoms with Crippen molar-refractivity contribution in [1.29, 1.82) is 0 Å². The molecule has 8 heteroatoms. The number of hydrogen-bond acceptors (Lipinski definition) is 6. The predicted molar refractivity (Wildman–Crippen MR) is 116 cm³/mol. The Labute approximate surface area is 189 Å². The van der Waals surface area contributed by atoms with Gasteiger partial charge in [0.15, 0.2) is 0 Å². The molecule has 4 heterocycles. The first-order valence-corrected chi connectivity index (χ1v) is 11.9. The van der Waals surface area contributed by atoms with E-state index in [1.165, 1.54) is 4.90 Å². The molecular formula is C24H34N2O6. The van der Waals surface area contributed by atoms with Crippen LogP contribution < -0.4 is 0 Å². The van der Waals surface area contributed by atoms with Gasteiger partial charge in [0.05, 0.1) is 31.3 Å². The molecule has 1 N–H and O–H groups in total. The molecule has 0 aromatic heterocycles. The fourth-order valence-electron chi connectivity index (χ4n) is 5.56. The number of amides is 2. The Morgan fingerprint density at radius 2 is 2.03 bits per heavy atom. The average molecular weight is 447 g/mol. The van der Waals surface area contributed by atoms with Crippen molar-refractivity contribution >= 4 is 17.8 Å². The molecule has 2 fully saturated rings. The summed E-state index contributed by atoms with van der Waals surface area (Å²) in [6.45, 7) is 4.87. The van der Waals surface area contributed by atoms with E-state index in [0.29, 0.717) is 26.1 Å². The number of nitrogens with zero attached hydrogens (tertiary/aromatic N) is 2. The first kappa shape index (κ1) is 23.0. The highest BCUT2D eigenvalue weighted by Crippen LogP contribution is 2.53. The first-order chi connectivity index (χ1) is 15.5. The van der Waals surface area contributed by atoms with Gasteiger partial charge in [-0.2, -0.15) is 0 Å². The lowest BCUT2D eigenvalue weighted by Crippen LogP contribution is -2.57. The zero-order valence-corrected chi connectivity index (χ0v) is 18.9. The van der Waals surface area contributed by atoms with E-state index >= 15 is 0 Å². The monoisotopic (exact) mass is 446 g/mol. The number of rotatable bonds is 6. The number of fused-ring (bicyclic) bond motifs is 2. The van der Waals surface area contributed by atoms with Crippen LogP contribution in [0.15, 0.2) is 24.3 Å². The summed E-state index contributed by atoms with van der Waals surface area (Å²) in [7, 11) is 0. The summed E-state index contributed by atoms with van der Waals surface area (Å²) in [5.41, 5.74) is -1.25. The maximum atomic E-state index is 13.8. The first-order valence-electron chi connectivity index (χ1n) is 11.9. The minimum Gasteiger partial charge on any atom is -0.465 e. The molecule has 32 heavy (non-hydrogen) atoms. The van der Waals surface area contributed by atoms with Crippen LogP contribution in [-0.4, -0.2) is 82.8 Å². The third kappa shape index (κ3) is 3.67. The molecule has 1 spiro atoms. The number of ether oxygens (including phenoxy) is 2. The molecule has 4 aliphatic heterocycles. The fraction of sp³-hybridized carbons (Fsp3) is 0.708. The van der Waals surface area contributed by atoms with Crippen LogP contribution in [0.5, 0.6) is 0 Å². The van der Waals surface area contributed by atoms with Gasteiger partial charge in [0, 0.05) is 13.1 Å². The zero-order valence-electron chi connectivity index (χ0n) is 18.9. The van der Waals surface area contributed by atoms with Gasteiger partial charge in [-0.1, -0.05) is 44.1 Å². The molecule has 4 aliphatic rings. The minimum atomic E-state index is -1.25. The molecule has 176 valence electrons. The van der Waals surface area contributed by atoms with Gasteiger partial charge in [0.1, 0.15) is 17.6 Å². The Balaban J connectivity index is 1.77. The summed E-state index contributed by atoms with van der Waals surface area (Å²) >= 11 is 0. The molecule has 2 saturated heterocycles. The van der Waals surface area contributed by atoms with E-state index in [1.54, 1.807) is 11.8 Å². The highest BCUT2D eigenvalue weighted by atomic mass is 16.6. The zero-order chi connectivity index (χ0) is 22.9. The smallest absolute Gasteiger partial charge is 0.312 e. The lowest BCUT2D eigenvalue weighted by atomic mass is 9.78. The van der Waals surface area contributed by atoms with Crippen molar-refractivity contribution in [3.63, 3.8) is 0 Å². The Bertz CT molecular complexity index is 810. The van der Waals surface area contributed by atoms with Gasteiger partial charge in [0.25, 0.3) is 0 Å². The molecule has 0 bridgehead atoms. The van der Waals surface area contributed by atoms with Crippen molar-refractivity contribution in [3.8, 4) is 0 Å². The molecular weight excluding hydrogens is 412 g/mol. The van der Waals surface area contributed by atoms with Gasteiger partial charge in [-0.05, 0) is 26.2 Å². The van der Waals surface area contributed by atoms with Crippen LogP contribution in [0, 0.1) is 11.8 Å². The van der Waals surface area contributed by atoms with E-state index in [9.17, 15) is 19.5 Å². The average Bonchev–Trinajstić information content (AvgIpc) is 3.20. The lowest BCUT2D eigenvalue weighted by Gasteiger charge is -2.37. The molecule has 0 aromatic carbocycles. The maximum absolute atomic E-state index is 13.8. The minimum absolute atomic E-state index is 0.189. The van der Waals surface area contributed by atoms with Gasteiger partial charge in [-0.15, -0.1) is 0 Å². The molecule has 4 rings (SSSR count). The van der Waals surface area contributed by atoms with Gasteiger partial charge < -0.3 is 24.4 Å². The number of allylic oxidation sites excluding steroid dienone is 1. The van der Waals surface area contributed by atoms with Crippen LogP contribution in [0.4, 0.5) is 0 Å². The van der Waals surface area contributed by atoms with Crippen molar-refractivity contribution in [2.24, 2.45) is 11.8 Å². The third-order valence-corrected chi connectivity index (χ3v) is 7.14. The SMILES string of the molecule is CCCCCN1CC=CC23O[C@@H]4/C=C\CCCOC(=O)C4[C@H]2C(=O)N(C(C)CO)[C@@H]3C1=O. The molecule has 8 nitrogen and oxygen atoms in total. The number of hydrogen-bond donors (Lipinski definition) is 1. The summed E-state index contributed by atoms with van der Waals surface area (Å²) in [6, 6.07) is -1.49. The molecule has 6 atom stereocenters. The lowest BCUT2D eigenvalue weighted by molar-refractivity contribution is -0.156. The standard InChI is InChI=1S/C24H34N2O6/c1-3-4-7-12-25-13-9-11-24-19(21(28)26(16(2)15-27)20(24)22(25)29)18-17(32-24)10-6-5-8-14-31-23(18)30/h6,9-11,16-20,27H,3-5,7-8,12-15H2,1-2H3/b10-6-/t16?,17-,18?,19+,20-,24?/m1/s1. The van der Waals surface area contributed by atoms with Gasteiger partial charge in [-0.3, -0.25) is 14.4 Å². The number of carbonyl (C=O) groups excluding carboxylic acids is 3. The van der Waals surface area contributed by atoms with Crippen LogP contribution in [0.1, 0.15) is 46.0 Å². The Hall–Kier alpha value is -2.19. The van der Waals surface area contributed by atoms with E-state index in [2.05, 4.69) is 6.92 Å². The highest BCUT2D eigenvalue weighted by Gasteiger charge is 2.72. The number of unbranched alkanes of at least 4 members (excludes halogenated alkanes) is 2. The Kier molecular flexibility index (Phi) is 6.72. The van der Waals surface area contributed by atoms with E-state index in [1.807, 2.05) is 24.3 Å². The summed E-state index contributed by atoms with van der Waals surface area (Å²) in [5, 5.41) is 9.88. The topological polar surface area (TPSA) is 96.4 Å². The molecule has 0 aromatic rings. The van der Waals surface area contributed by atoms with Crippen LogP contribution in [0.2, 0.25) is 0 Å². The van der Waals surface area contributed by atoms with Crippen LogP contribution in [-0.2, 0) is 23.9 Å². The molecule has 0 saturated carbocycles. The van der Waals surface area contributed by atoms with Crippen LogP contribution >= 0.6 is 0 Å². The summed E-state index contributed by atoms with van der Waals surface area (Å²) in [5.74, 6) is -2.66. The summed E-state index contributed by atoms with van der Waals surface area (Å²) in [4.78, 5) is 43.8. The van der Waals surface area contributed by atoms with E-state index in [4.69, 9.17) is 9.47 Å². The summed E-state index contributed by atoms with van der Waals surface area (Å²) < 4.78 is 12.0. The van der Waals surface area contributed by atoms with Crippen molar-refractivity contribution < 1.29 is 29.0 Å². The fourth-order valence-corrected chi connectivity index (χ4v) is 5.56. The van der Waals surface area contributed by atoms with Gasteiger partial charge in [-0.25, -0.2) is 0 Å². The maximum Gasteiger partial charge on any atom is 0.312 e. The summed E-state index contributed by atoms with van der Waals surface area (Å²) in [6.07, 6.45) is 11.3. The Morgan fingerprint density at radius 1 is 1.22 bits per heavy atom. The Morgan fingerprint density at radius 3 is 2.78 bits per heavy atom. The molecule has 0 radical (unpaired) electrons. The van der Waals surface area contributed by atoms with Crippen molar-refractivity contribution in [1.82, 2.24) is 9.80 Å². The largest absolute Gasteiger partial charge is 0.465 e. The number of likely N-dealkylation sites (tertiary alicyclic amines) is 1. The van der Waals surface area contributed by atoms with E-state index in [0.717, 1.165) is 25.7 Å². The second kappa shape index (κ2) is 9.35. The number of esters is 1.